The predicted octanol–water partition coefficient (Wildman–Crippen LogP) is 3.77. The lowest BCUT2D eigenvalue weighted by Gasteiger charge is -2.28. The van der Waals surface area contributed by atoms with Crippen LogP contribution in [0.4, 0.5) is 19.0 Å². The van der Waals surface area contributed by atoms with Crippen molar-refractivity contribution in [1.82, 2.24) is 9.97 Å². The van der Waals surface area contributed by atoms with Gasteiger partial charge in [0.25, 0.3) is 0 Å². The topological polar surface area (TPSA) is 107 Å². The minimum Gasteiger partial charge on any atom is -0.378 e. The highest BCUT2D eigenvalue weighted by molar-refractivity contribution is 6.02. The van der Waals surface area contributed by atoms with Crippen LogP contribution in [-0.4, -0.2) is 48.2 Å². The van der Waals surface area contributed by atoms with E-state index in [0.717, 1.165) is 11.8 Å². The minimum atomic E-state index is -4.81. The maximum absolute atomic E-state index is 14.1. The molecule has 3 aromatic rings. The number of nitrogens with zero attached hydrogens (tertiary/aromatic N) is 3. The molecule has 4 N–H and O–H groups in total. The third-order valence-corrected chi connectivity index (χ3v) is 5.82. The fraction of sp³-hybridized carbons (Fsp3) is 0.296. The second kappa shape index (κ2) is 10.6. The Bertz CT molecular complexity index is 1390. The Labute approximate surface area is 212 Å². The number of aromatic nitrogens is 2. The lowest BCUT2D eigenvalue weighted by atomic mass is 9.89. The molecule has 0 spiro atoms. The van der Waals surface area contributed by atoms with Crippen molar-refractivity contribution in [2.24, 2.45) is 11.5 Å². The number of pyridine rings is 2. The second-order valence-corrected chi connectivity index (χ2v) is 8.75. The number of amides is 1. The monoisotopic (exact) mass is 509 g/mol. The number of alkyl halides is 3. The molecule has 0 saturated carbocycles. The Kier molecular flexibility index (Phi) is 7.47. The van der Waals surface area contributed by atoms with Crippen LogP contribution in [0.2, 0.25) is 0 Å². The van der Waals surface area contributed by atoms with Gasteiger partial charge in [0.05, 0.1) is 24.8 Å². The number of aryl methyl sites for hydroxylation is 1. The highest BCUT2D eigenvalue weighted by Crippen LogP contribution is 2.42. The molecule has 0 aliphatic carbocycles. The molecule has 192 valence electrons. The van der Waals surface area contributed by atoms with E-state index in [-0.39, 0.29) is 16.7 Å². The van der Waals surface area contributed by atoms with Crippen LogP contribution in [0.1, 0.15) is 34.2 Å². The first kappa shape index (κ1) is 26.1. The maximum Gasteiger partial charge on any atom is 0.433 e. The number of rotatable bonds is 4. The van der Waals surface area contributed by atoms with E-state index in [0.29, 0.717) is 48.9 Å². The molecule has 4 rings (SSSR count). The summed E-state index contributed by atoms with van der Waals surface area (Å²) < 4.78 is 47.6. The van der Waals surface area contributed by atoms with Gasteiger partial charge in [0.2, 0.25) is 5.91 Å². The number of hydrogen-bond acceptors (Lipinski definition) is 6. The van der Waals surface area contributed by atoms with Gasteiger partial charge in [0.1, 0.15) is 11.5 Å². The number of morpholine rings is 1. The average Bonchev–Trinajstić information content (AvgIpc) is 2.87. The third kappa shape index (κ3) is 5.90. The highest BCUT2D eigenvalue weighted by atomic mass is 19.4. The first-order valence-corrected chi connectivity index (χ1v) is 11.6. The van der Waals surface area contributed by atoms with Crippen molar-refractivity contribution >= 4 is 11.7 Å². The summed E-state index contributed by atoms with van der Waals surface area (Å²) in [5, 5.41) is 0. The van der Waals surface area contributed by atoms with E-state index in [4.69, 9.17) is 16.2 Å². The first-order valence-electron chi connectivity index (χ1n) is 11.6. The van der Waals surface area contributed by atoms with E-state index < -0.39 is 23.8 Å². The molecule has 0 bridgehead atoms. The van der Waals surface area contributed by atoms with Crippen LogP contribution in [0.15, 0.2) is 42.6 Å². The fourth-order valence-corrected chi connectivity index (χ4v) is 4.15. The normalized spacial score (nSPS) is 14.6. The lowest BCUT2D eigenvalue weighted by molar-refractivity contribution is -0.140. The van der Waals surface area contributed by atoms with Crippen molar-refractivity contribution in [2.75, 3.05) is 31.2 Å². The zero-order chi connectivity index (χ0) is 26.7. The Balaban J connectivity index is 2.01. The summed E-state index contributed by atoms with van der Waals surface area (Å²) in [6, 6.07) is 9.29. The molecule has 3 heterocycles. The van der Waals surface area contributed by atoms with Crippen molar-refractivity contribution in [3.8, 4) is 34.1 Å². The summed E-state index contributed by atoms with van der Waals surface area (Å²) in [4.78, 5) is 22.5. The van der Waals surface area contributed by atoms with E-state index in [1.807, 2.05) is 11.8 Å². The van der Waals surface area contributed by atoms with Gasteiger partial charge in [-0.25, -0.2) is 4.98 Å². The largest absolute Gasteiger partial charge is 0.433 e. The zero-order valence-electron chi connectivity index (χ0n) is 20.4. The van der Waals surface area contributed by atoms with E-state index in [1.165, 1.54) is 6.07 Å². The van der Waals surface area contributed by atoms with Crippen LogP contribution in [0.3, 0.4) is 0 Å². The van der Waals surface area contributed by atoms with Crippen LogP contribution in [-0.2, 0) is 10.9 Å². The van der Waals surface area contributed by atoms with Gasteiger partial charge in [-0.3, -0.25) is 9.78 Å². The average molecular weight is 510 g/mol. The number of ether oxygens (including phenoxy) is 1. The lowest BCUT2D eigenvalue weighted by Crippen LogP contribution is -2.36. The van der Waals surface area contributed by atoms with Crippen molar-refractivity contribution < 1.29 is 22.7 Å². The molecule has 37 heavy (non-hydrogen) atoms. The third-order valence-electron chi connectivity index (χ3n) is 5.82. The van der Waals surface area contributed by atoms with E-state index in [2.05, 4.69) is 21.8 Å². The summed E-state index contributed by atoms with van der Waals surface area (Å²) in [6.45, 7) is 5.82. The molecule has 7 nitrogen and oxygen atoms in total. The number of hydrogen-bond donors (Lipinski definition) is 2. The van der Waals surface area contributed by atoms with E-state index in [9.17, 15) is 18.0 Å². The van der Waals surface area contributed by atoms with E-state index in [1.54, 1.807) is 37.3 Å². The zero-order valence-corrected chi connectivity index (χ0v) is 20.4. The number of nitrogens with two attached hydrogens (primary N) is 2. The van der Waals surface area contributed by atoms with Gasteiger partial charge < -0.3 is 21.1 Å². The molecule has 1 amide bonds. The van der Waals surface area contributed by atoms with Gasteiger partial charge >= 0.3 is 6.18 Å². The number of halogens is 3. The van der Waals surface area contributed by atoms with Crippen LogP contribution in [0.25, 0.3) is 22.3 Å². The maximum atomic E-state index is 14.1. The second-order valence-electron chi connectivity index (χ2n) is 8.75. The van der Waals surface area contributed by atoms with Crippen LogP contribution >= 0.6 is 0 Å². The number of primary amides is 1. The molecule has 2 aromatic heterocycles. The van der Waals surface area contributed by atoms with Crippen LogP contribution in [0, 0.1) is 18.8 Å². The molecule has 0 radical (unpaired) electrons. The SMILES string of the molecule is Cc1ccc(-c2c(C(N)=O)ccnc2C(F)(F)F)c(-c2cc(C#C[C@H](C)N)nc(N3CCOCC3)c2)c1. The fourth-order valence-electron chi connectivity index (χ4n) is 4.15. The van der Waals surface area contributed by atoms with E-state index >= 15 is 0 Å². The van der Waals surface area contributed by atoms with Gasteiger partial charge in [-0.1, -0.05) is 29.7 Å². The standard InChI is InChI=1S/C27H26F3N5O2/c1-16-3-6-20(24-21(26(32)36)7-8-33-25(24)27(28,29)30)22(13-16)18-14-19(5-4-17(2)31)34-23(15-18)35-9-11-37-12-10-35/h3,6-8,13-15,17H,9-12,31H2,1-2H3,(H2,32,36)/t17-/m0/s1. The number of benzene rings is 1. The molecule has 1 fully saturated rings. The number of carbonyl (C=O) groups excluding carboxylic acids is 1. The number of carbonyl (C=O) groups is 1. The molecule has 1 aromatic carbocycles. The summed E-state index contributed by atoms with van der Waals surface area (Å²) in [6.07, 6.45) is -3.88. The molecule has 0 unspecified atom stereocenters. The smallest absolute Gasteiger partial charge is 0.378 e. The van der Waals surface area contributed by atoms with Gasteiger partial charge in [-0.05, 0) is 54.7 Å². The van der Waals surface area contributed by atoms with Crippen molar-refractivity contribution in [3.05, 3.63) is 65.1 Å². The Morgan fingerprint density at radius 1 is 1.14 bits per heavy atom. The molecule has 1 atom stereocenters. The molecule has 1 aliphatic rings. The molecule has 1 aliphatic heterocycles. The molecular formula is C27H26F3N5O2. The van der Waals surface area contributed by atoms with Crippen molar-refractivity contribution in [2.45, 2.75) is 26.1 Å². The van der Waals surface area contributed by atoms with Gasteiger partial charge in [0.15, 0.2) is 5.69 Å². The van der Waals surface area contributed by atoms with Gasteiger partial charge in [-0.15, -0.1) is 0 Å². The Hall–Kier alpha value is -3.94. The Morgan fingerprint density at radius 2 is 1.86 bits per heavy atom. The van der Waals surface area contributed by atoms with Gasteiger partial charge in [0, 0.05) is 24.8 Å². The molecule has 10 heteroatoms. The summed E-state index contributed by atoms with van der Waals surface area (Å²) in [7, 11) is 0. The Morgan fingerprint density at radius 3 is 2.51 bits per heavy atom. The van der Waals surface area contributed by atoms with Gasteiger partial charge in [-0.2, -0.15) is 13.2 Å². The highest BCUT2D eigenvalue weighted by Gasteiger charge is 2.38. The predicted molar refractivity (Wildman–Crippen MR) is 135 cm³/mol. The molecular weight excluding hydrogens is 483 g/mol. The van der Waals surface area contributed by atoms with Crippen molar-refractivity contribution in [1.29, 1.82) is 0 Å². The summed E-state index contributed by atoms with van der Waals surface area (Å²) in [5.74, 6) is 5.47. The minimum absolute atomic E-state index is 0.171. The molecule has 1 saturated heterocycles. The first-order chi connectivity index (χ1) is 17.5. The van der Waals surface area contributed by atoms with Crippen molar-refractivity contribution in [3.63, 3.8) is 0 Å². The summed E-state index contributed by atoms with van der Waals surface area (Å²) >= 11 is 0. The quantitative estimate of drug-likeness (QED) is 0.519. The number of anilines is 1. The van der Waals surface area contributed by atoms with Crippen LogP contribution in [0.5, 0.6) is 0 Å². The summed E-state index contributed by atoms with van der Waals surface area (Å²) in [5.41, 5.74) is 11.9. The van der Waals surface area contributed by atoms with Crippen LogP contribution < -0.4 is 16.4 Å².